The number of hydrogen-bond donors (Lipinski definition) is 0. The largest absolute Gasteiger partial charge is 0.333 e. The Morgan fingerprint density at radius 2 is 2.21 bits per heavy atom. The zero-order valence-electron chi connectivity index (χ0n) is 12.6. The Balaban J connectivity index is 1.43. The van der Waals surface area contributed by atoms with Gasteiger partial charge in [-0.15, -0.1) is 34.4 Å². The van der Waals surface area contributed by atoms with E-state index in [1.54, 1.807) is 33.6 Å². The Morgan fingerprint density at radius 3 is 3.04 bits per heavy atom. The molecule has 122 valence electrons. The van der Waals surface area contributed by atoms with E-state index in [1.165, 1.54) is 11.3 Å². The molecule has 0 fully saturated rings. The zero-order chi connectivity index (χ0) is 16.5. The lowest BCUT2D eigenvalue weighted by Crippen LogP contribution is -2.14. The normalized spacial score (nSPS) is 11.4. The average Bonchev–Trinajstić information content (AvgIpc) is 3.28. The molecule has 4 heterocycles. The van der Waals surface area contributed by atoms with Gasteiger partial charge in [0.25, 0.3) is 11.4 Å². The SMILES string of the molecule is Cc1csc2nc(CSCc3noc(-c4cccs4)n3)cc(=O)n12. The highest BCUT2D eigenvalue weighted by Gasteiger charge is 2.11. The lowest BCUT2D eigenvalue weighted by atomic mass is 10.4. The maximum absolute atomic E-state index is 12.1. The van der Waals surface area contributed by atoms with E-state index < -0.39 is 0 Å². The number of thiophene rings is 1. The minimum atomic E-state index is -0.0334. The molecule has 0 saturated heterocycles. The fourth-order valence-corrected chi connectivity index (χ4v) is 4.53. The van der Waals surface area contributed by atoms with E-state index in [0.29, 0.717) is 23.2 Å². The molecule has 4 rings (SSSR count). The summed E-state index contributed by atoms with van der Waals surface area (Å²) in [5.41, 5.74) is 1.65. The monoisotopic (exact) mass is 376 g/mol. The summed E-state index contributed by atoms with van der Waals surface area (Å²) in [6, 6.07) is 5.49. The van der Waals surface area contributed by atoms with Crippen molar-refractivity contribution in [2.75, 3.05) is 0 Å². The molecule has 0 amide bonds. The van der Waals surface area contributed by atoms with Crippen LogP contribution in [0.2, 0.25) is 0 Å². The van der Waals surface area contributed by atoms with Gasteiger partial charge in [-0.1, -0.05) is 11.2 Å². The van der Waals surface area contributed by atoms with E-state index in [1.807, 2.05) is 29.8 Å². The van der Waals surface area contributed by atoms with Crippen molar-refractivity contribution >= 4 is 39.4 Å². The van der Waals surface area contributed by atoms with Crippen molar-refractivity contribution in [2.45, 2.75) is 18.4 Å². The molecule has 0 saturated carbocycles. The van der Waals surface area contributed by atoms with Crippen molar-refractivity contribution in [3.63, 3.8) is 0 Å². The predicted molar refractivity (Wildman–Crippen MR) is 96.7 cm³/mol. The molecule has 24 heavy (non-hydrogen) atoms. The summed E-state index contributed by atoms with van der Waals surface area (Å²) in [6.07, 6.45) is 0. The van der Waals surface area contributed by atoms with Gasteiger partial charge in [0, 0.05) is 22.9 Å². The molecule has 0 aliphatic rings. The number of rotatable bonds is 5. The molecule has 0 radical (unpaired) electrons. The Hall–Kier alpha value is -1.97. The van der Waals surface area contributed by atoms with Crippen LogP contribution >= 0.6 is 34.4 Å². The third-order valence-electron chi connectivity index (χ3n) is 3.31. The highest BCUT2D eigenvalue weighted by molar-refractivity contribution is 7.97. The quantitative estimate of drug-likeness (QED) is 0.530. The van der Waals surface area contributed by atoms with Crippen molar-refractivity contribution in [2.24, 2.45) is 0 Å². The van der Waals surface area contributed by atoms with E-state index in [4.69, 9.17) is 4.52 Å². The number of aromatic nitrogens is 4. The fourth-order valence-electron chi connectivity index (χ4n) is 2.23. The van der Waals surface area contributed by atoms with Crippen LogP contribution in [0, 0.1) is 6.92 Å². The van der Waals surface area contributed by atoms with Crippen LogP contribution in [-0.4, -0.2) is 19.5 Å². The molecule has 4 aromatic rings. The number of thioether (sulfide) groups is 1. The molecule has 0 aliphatic carbocycles. The van der Waals surface area contributed by atoms with Crippen LogP contribution in [-0.2, 0) is 11.5 Å². The molecule has 6 nitrogen and oxygen atoms in total. The first-order chi connectivity index (χ1) is 11.7. The van der Waals surface area contributed by atoms with Gasteiger partial charge in [-0.3, -0.25) is 9.20 Å². The van der Waals surface area contributed by atoms with E-state index in [9.17, 15) is 4.79 Å². The summed E-state index contributed by atoms with van der Waals surface area (Å²) in [5.74, 6) is 2.44. The Bertz CT molecular complexity index is 1030. The molecule has 0 bridgehead atoms. The smallest absolute Gasteiger partial charge is 0.268 e. The van der Waals surface area contributed by atoms with Gasteiger partial charge in [0.05, 0.1) is 16.3 Å². The predicted octanol–water partition coefficient (Wildman–Crippen LogP) is 3.61. The molecule has 9 heteroatoms. The highest BCUT2D eigenvalue weighted by Crippen LogP contribution is 2.24. The van der Waals surface area contributed by atoms with Gasteiger partial charge in [-0.05, 0) is 18.4 Å². The molecule has 4 aromatic heterocycles. The molecule has 0 unspecified atom stereocenters. The first kappa shape index (κ1) is 15.6. The maximum atomic E-state index is 12.1. The van der Waals surface area contributed by atoms with Crippen LogP contribution in [0.25, 0.3) is 15.7 Å². The molecule has 0 aromatic carbocycles. The molecule has 0 spiro atoms. The Kier molecular flexibility index (Phi) is 4.21. The number of fused-ring (bicyclic) bond motifs is 1. The number of hydrogen-bond acceptors (Lipinski definition) is 8. The first-order valence-corrected chi connectivity index (χ1v) is 10.0. The van der Waals surface area contributed by atoms with Gasteiger partial charge >= 0.3 is 0 Å². The number of thiazole rings is 1. The third-order valence-corrected chi connectivity index (χ3v) is 6.07. The highest BCUT2D eigenvalue weighted by atomic mass is 32.2. The van der Waals surface area contributed by atoms with Crippen LogP contribution in [0.1, 0.15) is 17.2 Å². The van der Waals surface area contributed by atoms with Crippen molar-refractivity contribution in [1.29, 1.82) is 0 Å². The van der Waals surface area contributed by atoms with Gasteiger partial charge in [0.15, 0.2) is 10.8 Å². The average molecular weight is 376 g/mol. The van der Waals surface area contributed by atoms with Crippen LogP contribution in [0.15, 0.2) is 38.3 Å². The summed E-state index contributed by atoms with van der Waals surface area (Å²) in [6.45, 7) is 1.91. The van der Waals surface area contributed by atoms with Crippen LogP contribution in [0.4, 0.5) is 0 Å². The van der Waals surface area contributed by atoms with E-state index >= 15 is 0 Å². The molecular formula is C15H12N4O2S3. The second-order valence-corrected chi connectivity index (χ2v) is 7.84. The van der Waals surface area contributed by atoms with Gasteiger partial charge in [-0.25, -0.2) is 4.98 Å². The molecule has 0 atom stereocenters. The Morgan fingerprint density at radius 1 is 1.29 bits per heavy atom. The summed E-state index contributed by atoms with van der Waals surface area (Å²) < 4.78 is 6.89. The van der Waals surface area contributed by atoms with Gasteiger partial charge < -0.3 is 4.52 Å². The summed E-state index contributed by atoms with van der Waals surface area (Å²) in [4.78, 5) is 22.7. The summed E-state index contributed by atoms with van der Waals surface area (Å²) >= 11 is 4.65. The number of nitrogens with zero attached hydrogens (tertiary/aromatic N) is 4. The maximum Gasteiger partial charge on any atom is 0.268 e. The second-order valence-electron chi connectivity index (χ2n) is 5.07. The Labute approximate surface area is 149 Å². The second kappa shape index (κ2) is 6.50. The zero-order valence-corrected chi connectivity index (χ0v) is 15.1. The lowest BCUT2D eigenvalue weighted by molar-refractivity contribution is 0.426. The van der Waals surface area contributed by atoms with Crippen LogP contribution < -0.4 is 5.56 Å². The standard InChI is InChI=1S/C15H12N4O2S3/c1-9-6-24-15-16-10(5-13(20)19(9)15)7-22-8-12-17-14(21-18-12)11-3-2-4-23-11/h2-6H,7-8H2,1H3. The number of aryl methyl sites for hydroxylation is 1. The van der Waals surface area contributed by atoms with Crippen molar-refractivity contribution in [1.82, 2.24) is 19.5 Å². The summed E-state index contributed by atoms with van der Waals surface area (Å²) in [5, 5.41) is 7.90. The van der Waals surface area contributed by atoms with E-state index in [0.717, 1.165) is 21.2 Å². The molecular weight excluding hydrogens is 364 g/mol. The van der Waals surface area contributed by atoms with E-state index in [-0.39, 0.29) is 5.56 Å². The topological polar surface area (TPSA) is 73.3 Å². The first-order valence-electron chi connectivity index (χ1n) is 7.12. The third kappa shape index (κ3) is 3.02. The minimum absolute atomic E-state index is 0.0334. The molecule has 0 N–H and O–H groups in total. The summed E-state index contributed by atoms with van der Waals surface area (Å²) in [7, 11) is 0. The molecule has 0 aliphatic heterocycles. The van der Waals surface area contributed by atoms with Gasteiger partial charge in [0.1, 0.15) is 0 Å². The minimum Gasteiger partial charge on any atom is -0.333 e. The van der Waals surface area contributed by atoms with Crippen LogP contribution in [0.3, 0.4) is 0 Å². The van der Waals surface area contributed by atoms with Crippen molar-refractivity contribution in [3.05, 3.63) is 56.5 Å². The van der Waals surface area contributed by atoms with E-state index in [2.05, 4.69) is 15.1 Å². The van der Waals surface area contributed by atoms with Gasteiger partial charge in [-0.2, -0.15) is 4.98 Å². The fraction of sp³-hybridized carbons (Fsp3) is 0.200. The van der Waals surface area contributed by atoms with Crippen molar-refractivity contribution in [3.8, 4) is 10.8 Å². The van der Waals surface area contributed by atoms with Crippen LogP contribution in [0.5, 0.6) is 0 Å². The van der Waals surface area contributed by atoms with Gasteiger partial charge in [0.2, 0.25) is 0 Å². The lowest BCUT2D eigenvalue weighted by Gasteiger charge is -2.00. The van der Waals surface area contributed by atoms with Crippen molar-refractivity contribution < 1.29 is 4.52 Å².